The summed E-state index contributed by atoms with van der Waals surface area (Å²) in [6, 6.07) is 10.9. The second kappa shape index (κ2) is 10.6. The minimum atomic E-state index is -0.521. The van der Waals surface area contributed by atoms with Gasteiger partial charge in [0.05, 0.1) is 0 Å². The van der Waals surface area contributed by atoms with Crippen LogP contribution in [0, 0.1) is 20.8 Å². The minimum Gasteiger partial charge on any atom is -0.456 e. The molecule has 2 aromatic rings. The van der Waals surface area contributed by atoms with E-state index in [1.54, 1.807) is 18.2 Å². The van der Waals surface area contributed by atoms with Crippen molar-refractivity contribution in [3.05, 3.63) is 58.1 Å². The summed E-state index contributed by atoms with van der Waals surface area (Å²) in [5.41, 5.74) is 4.25. The van der Waals surface area contributed by atoms with E-state index in [0.717, 1.165) is 16.7 Å². The Morgan fingerprint density at radius 2 is 1.69 bits per heavy atom. The van der Waals surface area contributed by atoms with Gasteiger partial charge in [0.1, 0.15) is 0 Å². The molecule has 0 aromatic heterocycles. The number of carbonyl (C=O) groups excluding carboxylic acids is 3. The first kappa shape index (κ1) is 22.4. The van der Waals surface area contributed by atoms with E-state index < -0.39 is 11.9 Å². The Labute approximate surface area is 175 Å². The Kier molecular flexibility index (Phi) is 8.21. The summed E-state index contributed by atoms with van der Waals surface area (Å²) < 4.78 is 4.98. The number of amides is 2. The van der Waals surface area contributed by atoms with Crippen LogP contribution in [0.15, 0.2) is 36.4 Å². The van der Waals surface area contributed by atoms with E-state index >= 15 is 0 Å². The summed E-state index contributed by atoms with van der Waals surface area (Å²) in [6.07, 6.45) is 0.539. The van der Waals surface area contributed by atoms with Gasteiger partial charge in [-0.15, -0.1) is 0 Å². The minimum absolute atomic E-state index is 0.0544. The Hall–Kier alpha value is -2.86. The highest BCUT2D eigenvalue weighted by Gasteiger charge is 2.11. The number of halogens is 1. The van der Waals surface area contributed by atoms with Crippen LogP contribution in [0.5, 0.6) is 0 Å². The fourth-order valence-electron chi connectivity index (χ4n) is 2.58. The molecule has 29 heavy (non-hydrogen) atoms. The number of esters is 1. The molecule has 0 unspecified atom stereocenters. The highest BCUT2D eigenvalue weighted by molar-refractivity contribution is 6.31. The summed E-state index contributed by atoms with van der Waals surface area (Å²) in [5.74, 6) is -1.14. The third kappa shape index (κ3) is 7.23. The molecule has 0 aliphatic rings. The van der Waals surface area contributed by atoms with E-state index in [1.165, 1.54) is 0 Å². The van der Waals surface area contributed by atoms with Crippen LogP contribution in [0.2, 0.25) is 5.02 Å². The second-order valence-electron chi connectivity index (χ2n) is 6.82. The average Bonchev–Trinajstić information content (AvgIpc) is 2.67. The maximum absolute atomic E-state index is 12.0. The zero-order valence-corrected chi connectivity index (χ0v) is 17.6. The number of nitrogens with one attached hydrogen (secondary N) is 2. The first-order chi connectivity index (χ1) is 13.8. The van der Waals surface area contributed by atoms with E-state index in [4.69, 9.17) is 16.3 Å². The Bertz CT molecular complexity index is 912. The SMILES string of the molecule is Cc1ccc(NC(=O)CCCC(=O)OCC(=O)Nc2cccc(C)c2C)cc1Cl. The van der Waals surface area contributed by atoms with Crippen LogP contribution in [-0.4, -0.2) is 24.4 Å². The number of anilines is 2. The summed E-state index contributed by atoms with van der Waals surface area (Å²) in [5, 5.41) is 6.03. The van der Waals surface area contributed by atoms with E-state index in [2.05, 4.69) is 10.6 Å². The summed E-state index contributed by atoms with van der Waals surface area (Å²) >= 11 is 6.03. The molecule has 0 saturated heterocycles. The van der Waals surface area contributed by atoms with Crippen molar-refractivity contribution in [2.24, 2.45) is 0 Å². The van der Waals surface area contributed by atoms with Gasteiger partial charge in [0.15, 0.2) is 6.61 Å². The largest absolute Gasteiger partial charge is 0.456 e. The van der Waals surface area contributed by atoms with Gasteiger partial charge in [-0.25, -0.2) is 0 Å². The molecule has 0 bridgehead atoms. The van der Waals surface area contributed by atoms with Crippen molar-refractivity contribution in [2.75, 3.05) is 17.2 Å². The number of aryl methyl sites for hydroxylation is 2. The van der Waals surface area contributed by atoms with Crippen LogP contribution in [0.3, 0.4) is 0 Å². The smallest absolute Gasteiger partial charge is 0.306 e. The molecule has 0 heterocycles. The molecule has 0 atom stereocenters. The van der Waals surface area contributed by atoms with Crippen LogP contribution in [0.25, 0.3) is 0 Å². The molecule has 0 fully saturated rings. The summed E-state index contributed by atoms with van der Waals surface area (Å²) in [7, 11) is 0. The van der Waals surface area contributed by atoms with Gasteiger partial charge in [-0.1, -0.05) is 29.8 Å². The highest BCUT2D eigenvalue weighted by Crippen LogP contribution is 2.20. The van der Waals surface area contributed by atoms with Gasteiger partial charge in [0.2, 0.25) is 5.91 Å². The molecule has 0 radical (unpaired) electrons. The van der Waals surface area contributed by atoms with Crippen molar-refractivity contribution >= 4 is 40.8 Å². The molecule has 0 saturated carbocycles. The number of hydrogen-bond acceptors (Lipinski definition) is 4. The standard InChI is InChI=1S/C22H25ClN2O4/c1-14-6-4-7-19(16(14)3)25-21(27)13-29-22(28)9-5-8-20(26)24-17-11-10-15(2)18(23)12-17/h4,6-7,10-12H,5,8-9,13H2,1-3H3,(H,24,26)(H,25,27). The topological polar surface area (TPSA) is 84.5 Å². The lowest BCUT2D eigenvalue weighted by molar-refractivity contribution is -0.147. The maximum Gasteiger partial charge on any atom is 0.306 e. The van der Waals surface area contributed by atoms with Crippen LogP contribution in [-0.2, 0) is 19.1 Å². The van der Waals surface area contributed by atoms with Crippen LogP contribution < -0.4 is 10.6 Å². The molecule has 7 heteroatoms. The molecule has 6 nitrogen and oxygen atoms in total. The van der Waals surface area contributed by atoms with Crippen molar-refractivity contribution in [3.63, 3.8) is 0 Å². The molecule has 2 N–H and O–H groups in total. The molecule has 154 valence electrons. The highest BCUT2D eigenvalue weighted by atomic mass is 35.5. The fourth-order valence-corrected chi connectivity index (χ4v) is 2.76. The van der Waals surface area contributed by atoms with Crippen molar-refractivity contribution in [3.8, 4) is 0 Å². The molecule has 2 amide bonds. The van der Waals surface area contributed by atoms with Crippen molar-refractivity contribution in [2.45, 2.75) is 40.0 Å². The molecule has 0 aliphatic carbocycles. The van der Waals surface area contributed by atoms with Gasteiger partial charge < -0.3 is 15.4 Å². The quantitative estimate of drug-likeness (QED) is 0.618. The van der Waals surface area contributed by atoms with Crippen molar-refractivity contribution in [1.29, 1.82) is 0 Å². The van der Waals surface area contributed by atoms with Gasteiger partial charge in [0, 0.05) is 29.2 Å². The van der Waals surface area contributed by atoms with Gasteiger partial charge in [-0.3, -0.25) is 14.4 Å². The Morgan fingerprint density at radius 3 is 2.41 bits per heavy atom. The number of rotatable bonds is 8. The van der Waals surface area contributed by atoms with Crippen molar-refractivity contribution < 1.29 is 19.1 Å². The lowest BCUT2D eigenvalue weighted by atomic mass is 10.1. The fraction of sp³-hybridized carbons (Fsp3) is 0.318. The third-order valence-electron chi connectivity index (χ3n) is 4.48. The lowest BCUT2D eigenvalue weighted by Crippen LogP contribution is -2.21. The normalized spacial score (nSPS) is 10.3. The number of ether oxygens (including phenoxy) is 1. The lowest BCUT2D eigenvalue weighted by Gasteiger charge is -2.10. The molecule has 2 rings (SSSR count). The maximum atomic E-state index is 12.0. The summed E-state index contributed by atoms with van der Waals surface area (Å²) in [6.45, 7) is 5.38. The molecule has 0 spiro atoms. The third-order valence-corrected chi connectivity index (χ3v) is 4.89. The van der Waals surface area contributed by atoms with Gasteiger partial charge >= 0.3 is 5.97 Å². The van der Waals surface area contributed by atoms with Crippen LogP contribution in [0.4, 0.5) is 11.4 Å². The first-order valence-electron chi connectivity index (χ1n) is 9.34. The van der Waals surface area contributed by atoms with E-state index in [0.29, 0.717) is 22.8 Å². The molecule has 2 aromatic carbocycles. The monoisotopic (exact) mass is 416 g/mol. The zero-order chi connectivity index (χ0) is 21.4. The number of carbonyl (C=O) groups is 3. The predicted molar refractivity (Wildman–Crippen MR) is 114 cm³/mol. The average molecular weight is 417 g/mol. The number of benzene rings is 2. The molecule has 0 aliphatic heterocycles. The van der Waals surface area contributed by atoms with Gasteiger partial charge in [0.25, 0.3) is 5.91 Å². The summed E-state index contributed by atoms with van der Waals surface area (Å²) in [4.78, 5) is 35.7. The first-order valence-corrected chi connectivity index (χ1v) is 9.71. The number of hydrogen-bond donors (Lipinski definition) is 2. The Balaban J connectivity index is 1.67. The van der Waals surface area contributed by atoms with Gasteiger partial charge in [-0.05, 0) is 62.1 Å². The predicted octanol–water partition coefficient (Wildman–Crippen LogP) is 4.56. The van der Waals surface area contributed by atoms with Crippen molar-refractivity contribution in [1.82, 2.24) is 0 Å². The van der Waals surface area contributed by atoms with Gasteiger partial charge in [-0.2, -0.15) is 0 Å². The molecular weight excluding hydrogens is 392 g/mol. The molecular formula is C22H25ClN2O4. The van der Waals surface area contributed by atoms with E-state index in [-0.39, 0.29) is 25.4 Å². The van der Waals surface area contributed by atoms with Crippen LogP contribution in [0.1, 0.15) is 36.0 Å². The Morgan fingerprint density at radius 1 is 0.931 bits per heavy atom. The van der Waals surface area contributed by atoms with E-state index in [1.807, 2.05) is 39.0 Å². The second-order valence-corrected chi connectivity index (χ2v) is 7.23. The zero-order valence-electron chi connectivity index (χ0n) is 16.8. The van der Waals surface area contributed by atoms with E-state index in [9.17, 15) is 14.4 Å². The van der Waals surface area contributed by atoms with Crippen LogP contribution >= 0.6 is 11.6 Å².